The van der Waals surface area contributed by atoms with Crippen LogP contribution in [0.1, 0.15) is 16.8 Å². The molecule has 0 radical (unpaired) electrons. The summed E-state index contributed by atoms with van der Waals surface area (Å²) in [6.07, 6.45) is 0.696. The first-order chi connectivity index (χ1) is 9.49. The highest BCUT2D eigenvalue weighted by atomic mass is 19.2. The Hall–Kier alpha value is -1.60. The summed E-state index contributed by atoms with van der Waals surface area (Å²) in [4.78, 5) is 11.9. The van der Waals surface area contributed by atoms with Crippen LogP contribution in [0.3, 0.4) is 0 Å². The SMILES string of the molecule is NC1C2CCOC2C1NC(=O)c1cc(F)c(F)c(F)c1. The average Bonchev–Trinajstić information content (AvgIpc) is 2.86. The molecule has 1 heterocycles. The van der Waals surface area contributed by atoms with Crippen LogP contribution in [-0.2, 0) is 4.74 Å². The maximum absolute atomic E-state index is 13.1. The Labute approximate surface area is 113 Å². The van der Waals surface area contributed by atoms with Crippen molar-refractivity contribution in [1.82, 2.24) is 5.32 Å². The van der Waals surface area contributed by atoms with Crippen LogP contribution in [0.4, 0.5) is 13.2 Å². The van der Waals surface area contributed by atoms with Gasteiger partial charge in [0.25, 0.3) is 5.91 Å². The molecule has 4 atom stereocenters. The lowest BCUT2D eigenvalue weighted by molar-refractivity contribution is -0.0161. The van der Waals surface area contributed by atoms with Gasteiger partial charge in [-0.2, -0.15) is 0 Å². The molecule has 20 heavy (non-hydrogen) atoms. The van der Waals surface area contributed by atoms with E-state index in [-0.39, 0.29) is 29.7 Å². The van der Waals surface area contributed by atoms with Crippen LogP contribution >= 0.6 is 0 Å². The summed E-state index contributed by atoms with van der Waals surface area (Å²) in [5.41, 5.74) is 5.63. The van der Waals surface area contributed by atoms with Gasteiger partial charge in [-0.15, -0.1) is 0 Å². The van der Waals surface area contributed by atoms with E-state index in [1.54, 1.807) is 0 Å². The Balaban J connectivity index is 1.74. The molecule has 1 aliphatic carbocycles. The molecule has 2 aliphatic rings. The normalized spacial score (nSPS) is 31.6. The van der Waals surface area contributed by atoms with Crippen molar-refractivity contribution < 1.29 is 22.7 Å². The number of carbonyl (C=O) groups is 1. The van der Waals surface area contributed by atoms with E-state index in [0.717, 1.165) is 6.42 Å². The molecule has 0 bridgehead atoms. The summed E-state index contributed by atoms with van der Waals surface area (Å²) in [7, 11) is 0. The molecular weight excluding hydrogens is 273 g/mol. The van der Waals surface area contributed by atoms with Gasteiger partial charge >= 0.3 is 0 Å². The number of hydrogen-bond acceptors (Lipinski definition) is 3. The first-order valence-corrected chi connectivity index (χ1v) is 6.31. The fraction of sp³-hybridized carbons (Fsp3) is 0.462. The van der Waals surface area contributed by atoms with Crippen LogP contribution in [0.5, 0.6) is 0 Å². The molecule has 108 valence electrons. The van der Waals surface area contributed by atoms with Crippen LogP contribution < -0.4 is 11.1 Å². The van der Waals surface area contributed by atoms with Gasteiger partial charge in [-0.1, -0.05) is 0 Å². The zero-order chi connectivity index (χ0) is 14.4. The van der Waals surface area contributed by atoms with E-state index < -0.39 is 23.4 Å². The van der Waals surface area contributed by atoms with Gasteiger partial charge in [0.1, 0.15) is 0 Å². The van der Waals surface area contributed by atoms with Crippen molar-refractivity contribution in [2.75, 3.05) is 6.61 Å². The van der Waals surface area contributed by atoms with Gasteiger partial charge in [-0.25, -0.2) is 13.2 Å². The molecule has 1 aliphatic heterocycles. The molecular formula is C13H13F3N2O2. The highest BCUT2D eigenvalue weighted by Gasteiger charge is 2.52. The minimum absolute atomic E-state index is 0.149. The Morgan fingerprint density at radius 3 is 2.60 bits per heavy atom. The first kappa shape index (κ1) is 13.4. The van der Waals surface area contributed by atoms with Gasteiger partial charge in [0, 0.05) is 24.1 Å². The fourth-order valence-electron chi connectivity index (χ4n) is 2.85. The zero-order valence-corrected chi connectivity index (χ0v) is 10.4. The topological polar surface area (TPSA) is 64.3 Å². The molecule has 3 rings (SSSR count). The molecule has 0 spiro atoms. The summed E-state index contributed by atoms with van der Waals surface area (Å²) in [6, 6.07) is 0.698. The van der Waals surface area contributed by atoms with E-state index in [0.29, 0.717) is 18.7 Å². The van der Waals surface area contributed by atoms with E-state index in [2.05, 4.69) is 5.32 Å². The van der Waals surface area contributed by atoms with Crippen molar-refractivity contribution >= 4 is 5.91 Å². The fourth-order valence-corrected chi connectivity index (χ4v) is 2.85. The number of amides is 1. The van der Waals surface area contributed by atoms with E-state index in [4.69, 9.17) is 10.5 Å². The zero-order valence-electron chi connectivity index (χ0n) is 10.4. The van der Waals surface area contributed by atoms with Gasteiger partial charge in [0.05, 0.1) is 12.1 Å². The molecule has 1 saturated carbocycles. The highest BCUT2D eigenvalue weighted by molar-refractivity contribution is 5.94. The Morgan fingerprint density at radius 1 is 1.30 bits per heavy atom. The van der Waals surface area contributed by atoms with Gasteiger partial charge in [-0.05, 0) is 18.6 Å². The maximum atomic E-state index is 13.1. The number of nitrogens with one attached hydrogen (secondary N) is 1. The van der Waals surface area contributed by atoms with Gasteiger partial charge < -0.3 is 15.8 Å². The average molecular weight is 286 g/mol. The summed E-state index contributed by atoms with van der Waals surface area (Å²) in [5, 5.41) is 2.58. The molecule has 3 N–H and O–H groups in total. The summed E-state index contributed by atoms with van der Waals surface area (Å²) >= 11 is 0. The van der Waals surface area contributed by atoms with Crippen LogP contribution in [0.15, 0.2) is 12.1 Å². The van der Waals surface area contributed by atoms with Gasteiger partial charge in [0.2, 0.25) is 0 Å². The lowest BCUT2D eigenvalue weighted by atomic mass is 9.72. The second-order valence-electron chi connectivity index (χ2n) is 5.12. The predicted octanol–water partition coefficient (Wildman–Crippen LogP) is 0.948. The van der Waals surface area contributed by atoms with Crippen molar-refractivity contribution in [3.63, 3.8) is 0 Å². The van der Waals surface area contributed by atoms with Crippen molar-refractivity contribution in [2.45, 2.75) is 24.6 Å². The van der Waals surface area contributed by atoms with Crippen LogP contribution in [0.2, 0.25) is 0 Å². The molecule has 1 aromatic rings. The molecule has 1 saturated heterocycles. The monoisotopic (exact) mass is 286 g/mol. The number of halogens is 3. The van der Waals surface area contributed by atoms with Crippen LogP contribution in [0, 0.1) is 23.4 Å². The molecule has 4 nitrogen and oxygen atoms in total. The predicted molar refractivity (Wildman–Crippen MR) is 63.4 cm³/mol. The number of carbonyl (C=O) groups excluding carboxylic acids is 1. The standard InChI is InChI=1S/C13H13F3N2O2/c14-7-3-5(4-8(15)9(7)16)13(19)18-11-10(17)6-1-2-20-12(6)11/h3-4,6,10-12H,1-2,17H2,(H,18,19). The van der Waals surface area contributed by atoms with Crippen molar-refractivity contribution in [1.29, 1.82) is 0 Å². The van der Waals surface area contributed by atoms with Crippen molar-refractivity contribution in [3.8, 4) is 0 Å². The summed E-state index contributed by atoms with van der Waals surface area (Å²) < 4.78 is 44.4. The Kier molecular flexibility index (Phi) is 3.18. The smallest absolute Gasteiger partial charge is 0.251 e. The molecule has 0 aromatic heterocycles. The van der Waals surface area contributed by atoms with Gasteiger partial charge in [0.15, 0.2) is 17.5 Å². The number of benzene rings is 1. The molecule has 2 fully saturated rings. The number of fused-ring (bicyclic) bond motifs is 1. The molecule has 1 amide bonds. The second kappa shape index (κ2) is 4.75. The summed E-state index contributed by atoms with van der Waals surface area (Å²) in [6.45, 7) is 0.592. The van der Waals surface area contributed by atoms with Crippen LogP contribution in [-0.4, -0.2) is 30.7 Å². The number of ether oxygens (including phenoxy) is 1. The van der Waals surface area contributed by atoms with Gasteiger partial charge in [-0.3, -0.25) is 4.79 Å². The number of rotatable bonds is 2. The lowest BCUT2D eigenvalue weighted by Gasteiger charge is -2.45. The van der Waals surface area contributed by atoms with E-state index in [1.165, 1.54) is 0 Å². The van der Waals surface area contributed by atoms with Crippen molar-refractivity contribution in [2.24, 2.45) is 11.7 Å². The maximum Gasteiger partial charge on any atom is 0.251 e. The van der Waals surface area contributed by atoms with E-state index >= 15 is 0 Å². The van der Waals surface area contributed by atoms with E-state index in [1.807, 2.05) is 0 Å². The number of hydrogen-bond donors (Lipinski definition) is 2. The largest absolute Gasteiger partial charge is 0.376 e. The second-order valence-corrected chi connectivity index (χ2v) is 5.12. The number of nitrogens with two attached hydrogens (primary N) is 1. The summed E-state index contributed by atoms with van der Waals surface area (Å²) in [5.74, 6) is -4.88. The van der Waals surface area contributed by atoms with Crippen LogP contribution in [0.25, 0.3) is 0 Å². The third-order valence-corrected chi connectivity index (χ3v) is 3.99. The van der Waals surface area contributed by atoms with E-state index in [9.17, 15) is 18.0 Å². The van der Waals surface area contributed by atoms with Crippen molar-refractivity contribution in [3.05, 3.63) is 35.1 Å². The third kappa shape index (κ3) is 1.97. The quantitative estimate of drug-likeness (QED) is 0.796. The Bertz CT molecular complexity index is 544. The molecule has 7 heteroatoms. The first-order valence-electron chi connectivity index (χ1n) is 6.31. The third-order valence-electron chi connectivity index (χ3n) is 3.99. The minimum atomic E-state index is -1.60. The highest BCUT2D eigenvalue weighted by Crippen LogP contribution is 2.37. The minimum Gasteiger partial charge on any atom is -0.376 e. The lowest BCUT2D eigenvalue weighted by Crippen LogP contribution is -2.68. The molecule has 4 unspecified atom stereocenters. The molecule has 1 aromatic carbocycles. The Morgan fingerprint density at radius 2 is 1.95 bits per heavy atom.